The van der Waals surface area contributed by atoms with E-state index < -0.39 is 0 Å². The van der Waals surface area contributed by atoms with Gasteiger partial charge < -0.3 is 14.7 Å². The van der Waals surface area contributed by atoms with Gasteiger partial charge in [0.05, 0.1) is 12.0 Å². The summed E-state index contributed by atoms with van der Waals surface area (Å²) in [5.74, 6) is 0.805. The van der Waals surface area contributed by atoms with E-state index in [0.717, 1.165) is 24.7 Å². The minimum absolute atomic E-state index is 0.0379. The van der Waals surface area contributed by atoms with Crippen molar-refractivity contribution in [3.8, 4) is 11.5 Å². The molecule has 0 aromatic heterocycles. The maximum Gasteiger partial charge on any atom is 0.286 e. The third kappa shape index (κ3) is 3.37. The van der Waals surface area contributed by atoms with Crippen LogP contribution < -0.4 is 4.74 Å². The number of nitrogens with zero attached hydrogens (tertiary/aromatic N) is 2. The molecule has 1 fully saturated rings. The molecule has 2 heterocycles. The minimum atomic E-state index is -0.245. The van der Waals surface area contributed by atoms with Gasteiger partial charge in [0.1, 0.15) is 0 Å². The van der Waals surface area contributed by atoms with E-state index in [-0.39, 0.29) is 11.7 Å². The van der Waals surface area contributed by atoms with Crippen molar-refractivity contribution in [2.45, 2.75) is 19.8 Å². The molecule has 0 unspecified atom stereocenters. The van der Waals surface area contributed by atoms with E-state index in [0.29, 0.717) is 22.1 Å². The number of benzene rings is 1. The molecule has 1 aromatic rings. The molecule has 1 aromatic carbocycles. The molecule has 122 valence electrons. The molecule has 5 nitrogen and oxygen atoms in total. The number of aromatic hydroxyl groups is 1. The Labute approximate surface area is 140 Å². The number of amides is 1. The van der Waals surface area contributed by atoms with Gasteiger partial charge in [0.25, 0.3) is 5.91 Å². The van der Waals surface area contributed by atoms with Gasteiger partial charge in [-0.1, -0.05) is 19.1 Å². The summed E-state index contributed by atoms with van der Waals surface area (Å²) < 4.78 is 5.10. The molecule has 2 aliphatic heterocycles. The van der Waals surface area contributed by atoms with Crippen molar-refractivity contribution in [2.24, 2.45) is 10.9 Å². The maximum absolute atomic E-state index is 12.2. The van der Waals surface area contributed by atoms with E-state index in [9.17, 15) is 9.90 Å². The Balaban J connectivity index is 1.80. The number of para-hydroxylation sites is 1. The van der Waals surface area contributed by atoms with E-state index in [1.165, 1.54) is 25.3 Å². The summed E-state index contributed by atoms with van der Waals surface area (Å²) >= 11 is 1.38. The number of likely N-dealkylation sites (tertiary alicyclic amines) is 1. The van der Waals surface area contributed by atoms with E-state index in [4.69, 9.17) is 4.74 Å². The second-order valence-corrected chi connectivity index (χ2v) is 6.91. The number of phenolic OH excluding ortho intramolecular Hbond substituents is 1. The summed E-state index contributed by atoms with van der Waals surface area (Å²) in [6.07, 6.45) is 4.03. The summed E-state index contributed by atoms with van der Waals surface area (Å²) in [7, 11) is 1.50. The van der Waals surface area contributed by atoms with Crippen LogP contribution in [0.5, 0.6) is 11.5 Å². The largest absolute Gasteiger partial charge is 0.504 e. The fourth-order valence-electron chi connectivity index (χ4n) is 2.86. The number of ether oxygens (including phenoxy) is 1. The van der Waals surface area contributed by atoms with Crippen LogP contribution in [0.1, 0.15) is 25.3 Å². The lowest BCUT2D eigenvalue weighted by molar-refractivity contribution is -0.113. The number of aliphatic imine (C=N–C) groups is 1. The number of methoxy groups -OCH3 is 1. The van der Waals surface area contributed by atoms with Crippen LogP contribution in [0, 0.1) is 5.92 Å². The molecule has 3 rings (SSSR count). The molecule has 0 saturated carbocycles. The van der Waals surface area contributed by atoms with Crippen LogP contribution in [-0.2, 0) is 4.79 Å². The Hall–Kier alpha value is -1.95. The summed E-state index contributed by atoms with van der Waals surface area (Å²) in [6.45, 7) is 4.11. The number of hydrogen-bond donors (Lipinski definition) is 1. The summed E-state index contributed by atoms with van der Waals surface area (Å²) in [5, 5.41) is 10.9. The average Bonchev–Trinajstić information content (AvgIpc) is 2.90. The highest BCUT2D eigenvalue weighted by Gasteiger charge is 2.28. The second kappa shape index (κ2) is 6.66. The highest BCUT2D eigenvalue weighted by Crippen LogP contribution is 2.36. The average molecular weight is 332 g/mol. The predicted octanol–water partition coefficient (Wildman–Crippen LogP) is 3.10. The van der Waals surface area contributed by atoms with Gasteiger partial charge in [0.2, 0.25) is 0 Å². The lowest BCUT2D eigenvalue weighted by atomic mass is 10.0. The molecule has 0 radical (unpaired) electrons. The van der Waals surface area contributed by atoms with Crippen molar-refractivity contribution in [2.75, 3.05) is 20.2 Å². The van der Waals surface area contributed by atoms with E-state index in [1.54, 1.807) is 24.3 Å². The number of hydrogen-bond acceptors (Lipinski definition) is 5. The van der Waals surface area contributed by atoms with Crippen molar-refractivity contribution >= 4 is 28.9 Å². The number of carbonyl (C=O) groups excluding carboxylic acids is 1. The second-order valence-electron chi connectivity index (χ2n) is 5.90. The highest BCUT2D eigenvalue weighted by molar-refractivity contribution is 8.18. The van der Waals surface area contributed by atoms with E-state index in [2.05, 4.69) is 16.8 Å². The molecule has 6 heteroatoms. The first kappa shape index (κ1) is 15.9. The quantitative estimate of drug-likeness (QED) is 0.843. The zero-order chi connectivity index (χ0) is 16.4. The van der Waals surface area contributed by atoms with E-state index >= 15 is 0 Å². The number of phenols is 1. The monoisotopic (exact) mass is 332 g/mol. The van der Waals surface area contributed by atoms with Gasteiger partial charge in [0.15, 0.2) is 16.7 Å². The summed E-state index contributed by atoms with van der Waals surface area (Å²) in [6, 6.07) is 5.21. The molecule has 1 amide bonds. The summed E-state index contributed by atoms with van der Waals surface area (Å²) in [5.41, 5.74) is 0.559. The molecule has 23 heavy (non-hydrogen) atoms. The first-order valence-corrected chi connectivity index (χ1v) is 8.53. The van der Waals surface area contributed by atoms with Crippen LogP contribution >= 0.6 is 11.8 Å². The van der Waals surface area contributed by atoms with Crippen LogP contribution in [0.3, 0.4) is 0 Å². The van der Waals surface area contributed by atoms with Crippen LogP contribution in [0.2, 0.25) is 0 Å². The van der Waals surface area contributed by atoms with Crippen LogP contribution in [0.25, 0.3) is 6.08 Å². The van der Waals surface area contributed by atoms with Crippen LogP contribution in [0.4, 0.5) is 0 Å². The van der Waals surface area contributed by atoms with Crippen LogP contribution in [0.15, 0.2) is 28.1 Å². The molecule has 2 aliphatic rings. The molecule has 1 saturated heterocycles. The standard InChI is InChI=1S/C17H20N2O3S/c1-11-5-4-8-19(10-11)17-18-16(21)14(23-17)9-12-6-3-7-13(22-2)15(12)20/h3,6-7,9,11,20H,4-5,8,10H2,1-2H3/b14-9-/t11-/m0/s1. The fourth-order valence-corrected chi connectivity index (χ4v) is 3.80. The maximum atomic E-state index is 12.2. The summed E-state index contributed by atoms with van der Waals surface area (Å²) in [4.78, 5) is 19.1. The molecule has 1 N–H and O–H groups in total. The van der Waals surface area contributed by atoms with Gasteiger partial charge in [-0.15, -0.1) is 0 Å². The van der Waals surface area contributed by atoms with Crippen molar-refractivity contribution in [1.82, 2.24) is 4.90 Å². The van der Waals surface area contributed by atoms with Crippen molar-refractivity contribution in [3.63, 3.8) is 0 Å². The normalized spacial score (nSPS) is 23.3. The number of rotatable bonds is 2. The SMILES string of the molecule is COc1cccc(/C=C2\SC(N3CCC[C@H](C)C3)=NC2=O)c1O. The van der Waals surface area contributed by atoms with Gasteiger partial charge in [-0.3, -0.25) is 4.79 Å². The first-order valence-electron chi connectivity index (χ1n) is 7.72. The Morgan fingerprint density at radius 2 is 2.30 bits per heavy atom. The molecule has 0 spiro atoms. The minimum Gasteiger partial charge on any atom is -0.504 e. The Morgan fingerprint density at radius 1 is 1.48 bits per heavy atom. The Morgan fingerprint density at radius 3 is 3.04 bits per heavy atom. The third-order valence-corrected chi connectivity index (χ3v) is 5.12. The molecular formula is C17H20N2O3S. The highest BCUT2D eigenvalue weighted by atomic mass is 32.2. The van der Waals surface area contributed by atoms with Gasteiger partial charge in [-0.25, -0.2) is 0 Å². The number of carbonyl (C=O) groups is 1. The van der Waals surface area contributed by atoms with Gasteiger partial charge >= 0.3 is 0 Å². The molecular weight excluding hydrogens is 312 g/mol. The molecule has 0 bridgehead atoms. The number of amidine groups is 1. The zero-order valence-corrected chi connectivity index (χ0v) is 14.1. The van der Waals surface area contributed by atoms with E-state index in [1.807, 2.05) is 0 Å². The van der Waals surface area contributed by atoms with Gasteiger partial charge in [0, 0.05) is 18.7 Å². The molecule has 1 atom stereocenters. The fraction of sp³-hybridized carbons (Fsp3) is 0.412. The van der Waals surface area contributed by atoms with Crippen molar-refractivity contribution in [3.05, 3.63) is 28.7 Å². The molecule has 0 aliphatic carbocycles. The number of piperidine rings is 1. The predicted molar refractivity (Wildman–Crippen MR) is 92.6 cm³/mol. The topological polar surface area (TPSA) is 62.1 Å². The Kier molecular flexibility index (Phi) is 4.61. The van der Waals surface area contributed by atoms with Crippen molar-refractivity contribution < 1.29 is 14.6 Å². The number of thioether (sulfide) groups is 1. The Bertz CT molecular complexity index is 684. The zero-order valence-electron chi connectivity index (χ0n) is 13.3. The van der Waals surface area contributed by atoms with Gasteiger partial charge in [-0.2, -0.15) is 4.99 Å². The van der Waals surface area contributed by atoms with Gasteiger partial charge in [-0.05, 0) is 42.7 Å². The first-order chi connectivity index (χ1) is 11.1. The lowest BCUT2D eigenvalue weighted by Gasteiger charge is -2.31. The van der Waals surface area contributed by atoms with Crippen molar-refractivity contribution in [1.29, 1.82) is 0 Å². The van der Waals surface area contributed by atoms with Crippen LogP contribution in [-0.4, -0.2) is 41.3 Å². The lowest BCUT2D eigenvalue weighted by Crippen LogP contribution is -2.37. The smallest absolute Gasteiger partial charge is 0.286 e. The third-order valence-electron chi connectivity index (χ3n) is 4.07.